The molecule has 0 bridgehead atoms. The Balaban J connectivity index is 4.25. The van der Waals surface area contributed by atoms with E-state index in [1.807, 2.05) is 0 Å². The van der Waals surface area contributed by atoms with E-state index in [1.54, 1.807) is 0 Å². The van der Waals surface area contributed by atoms with Crippen LogP contribution in [0.4, 0.5) is 0 Å². The van der Waals surface area contributed by atoms with Crippen LogP contribution in [-0.4, -0.2) is 34.9 Å². The van der Waals surface area contributed by atoms with Crippen LogP contribution in [0.25, 0.3) is 0 Å². The molecular weight excluding hydrogens is 228 g/mol. The molecule has 0 unspecified atom stereocenters. The Bertz CT molecular complexity index is 149. The molecule has 4 nitrogen and oxygen atoms in total. The molecule has 0 fully saturated rings. The number of nitrogens with one attached hydrogen (secondary N) is 4. The van der Waals surface area contributed by atoms with Gasteiger partial charge < -0.3 is 19.9 Å². The molecule has 0 atom stereocenters. The third-order valence-corrected chi connectivity index (χ3v) is 6.05. The summed E-state index contributed by atoms with van der Waals surface area (Å²) in [5.41, 5.74) is 0. The normalized spacial score (nSPS) is 12.0. The second-order valence-electron chi connectivity index (χ2n) is 4.37. The maximum Gasteiger partial charge on any atom is 0.365 e. The van der Waals surface area contributed by atoms with Crippen molar-refractivity contribution in [3.05, 3.63) is 0 Å². The Morgan fingerprint density at radius 3 is 1.35 bits per heavy atom. The Hall–Kier alpha value is 0.0569. The minimum absolute atomic E-state index is 0.997. The second kappa shape index (κ2) is 11.2. The van der Waals surface area contributed by atoms with E-state index in [0.717, 1.165) is 26.2 Å². The fraction of sp³-hybridized carbons (Fsp3) is 1.00. The predicted octanol–water partition coefficient (Wildman–Crippen LogP) is 1.42. The molecular formula is C12H32N4Si. The molecule has 5 heteroatoms. The van der Waals surface area contributed by atoms with E-state index >= 15 is 0 Å². The van der Waals surface area contributed by atoms with Crippen molar-refractivity contribution in [3.63, 3.8) is 0 Å². The van der Waals surface area contributed by atoms with Crippen LogP contribution in [0, 0.1) is 0 Å². The van der Waals surface area contributed by atoms with Crippen molar-refractivity contribution in [2.75, 3.05) is 26.2 Å². The summed E-state index contributed by atoms with van der Waals surface area (Å²) in [4.78, 5) is 14.6. The van der Waals surface area contributed by atoms with Gasteiger partial charge in [0.05, 0.1) is 0 Å². The van der Waals surface area contributed by atoms with E-state index in [4.69, 9.17) is 0 Å². The van der Waals surface area contributed by atoms with Crippen molar-refractivity contribution in [2.45, 2.75) is 53.4 Å². The summed E-state index contributed by atoms with van der Waals surface area (Å²) in [5.74, 6) is 0. The molecule has 0 heterocycles. The first-order valence-electron chi connectivity index (χ1n) is 7.24. The average Bonchev–Trinajstić information content (AvgIpc) is 2.30. The summed E-state index contributed by atoms with van der Waals surface area (Å²) in [6.07, 6.45) is 4.96. The summed E-state index contributed by atoms with van der Waals surface area (Å²) >= 11 is 0. The Kier molecular flexibility index (Phi) is 11.2. The molecule has 0 radical (unpaired) electrons. The Morgan fingerprint density at radius 2 is 1.06 bits per heavy atom. The maximum atomic E-state index is 3.70. The number of hydrogen-bond donors (Lipinski definition) is 4. The third kappa shape index (κ3) is 7.89. The lowest BCUT2D eigenvalue weighted by molar-refractivity contribution is 0.645. The molecule has 17 heavy (non-hydrogen) atoms. The lowest BCUT2D eigenvalue weighted by Gasteiger charge is -2.33. The minimum atomic E-state index is -1.87. The fourth-order valence-electron chi connectivity index (χ4n) is 1.81. The van der Waals surface area contributed by atoms with Crippen LogP contribution in [0.15, 0.2) is 0 Å². The van der Waals surface area contributed by atoms with Gasteiger partial charge in [-0.2, -0.15) is 0 Å². The van der Waals surface area contributed by atoms with Gasteiger partial charge in [0.15, 0.2) is 0 Å². The predicted molar refractivity (Wildman–Crippen MR) is 78.9 cm³/mol. The van der Waals surface area contributed by atoms with Gasteiger partial charge >= 0.3 is 8.72 Å². The molecule has 0 aromatic rings. The molecule has 0 saturated carbocycles. The van der Waals surface area contributed by atoms with Crippen LogP contribution >= 0.6 is 0 Å². The zero-order chi connectivity index (χ0) is 13.0. The molecule has 0 rings (SSSR count). The van der Waals surface area contributed by atoms with Gasteiger partial charge in [-0.3, -0.25) is 0 Å². The fourth-order valence-corrected chi connectivity index (χ4v) is 4.72. The van der Waals surface area contributed by atoms with Gasteiger partial charge in [0.25, 0.3) is 0 Å². The minimum Gasteiger partial charge on any atom is -0.301 e. The van der Waals surface area contributed by atoms with Crippen molar-refractivity contribution in [2.24, 2.45) is 0 Å². The molecule has 4 N–H and O–H groups in total. The SMILES string of the molecule is CCCCN[Si](NCC)(NCC)NCCCC. The van der Waals surface area contributed by atoms with Gasteiger partial charge in [-0.25, -0.2) is 0 Å². The first-order chi connectivity index (χ1) is 8.24. The standard InChI is InChI=1S/C12H32N4Si/c1-5-9-11-15-17(13-7-3,14-8-4)16-12-10-6-2/h13-16H,5-12H2,1-4H3. The molecule has 0 spiro atoms. The van der Waals surface area contributed by atoms with Crippen LogP contribution in [0.5, 0.6) is 0 Å². The number of unbranched alkanes of at least 4 members (excludes halogenated alkanes) is 2. The highest BCUT2D eigenvalue weighted by molar-refractivity contribution is 6.70. The third-order valence-electron chi connectivity index (χ3n) is 2.72. The van der Waals surface area contributed by atoms with Crippen molar-refractivity contribution in [1.29, 1.82) is 0 Å². The highest BCUT2D eigenvalue weighted by atomic mass is 28.4. The van der Waals surface area contributed by atoms with E-state index in [2.05, 4.69) is 47.6 Å². The van der Waals surface area contributed by atoms with Crippen molar-refractivity contribution >= 4 is 8.72 Å². The molecule has 0 aromatic carbocycles. The van der Waals surface area contributed by atoms with Gasteiger partial charge in [-0.1, -0.05) is 40.5 Å². The molecule has 0 aliphatic heterocycles. The Labute approximate surface area is 109 Å². The van der Waals surface area contributed by atoms with Crippen LogP contribution in [0.2, 0.25) is 0 Å². The van der Waals surface area contributed by atoms with Crippen LogP contribution in [-0.2, 0) is 0 Å². The Morgan fingerprint density at radius 1 is 0.647 bits per heavy atom. The lowest BCUT2D eigenvalue weighted by atomic mass is 10.3. The van der Waals surface area contributed by atoms with Crippen molar-refractivity contribution in [1.82, 2.24) is 19.9 Å². The topological polar surface area (TPSA) is 48.1 Å². The molecule has 0 aliphatic carbocycles. The smallest absolute Gasteiger partial charge is 0.301 e. The van der Waals surface area contributed by atoms with E-state index in [-0.39, 0.29) is 0 Å². The van der Waals surface area contributed by atoms with E-state index < -0.39 is 8.72 Å². The summed E-state index contributed by atoms with van der Waals surface area (Å²) < 4.78 is 0. The van der Waals surface area contributed by atoms with Gasteiger partial charge in [0, 0.05) is 0 Å². The summed E-state index contributed by atoms with van der Waals surface area (Å²) in [5, 5.41) is 0. The van der Waals surface area contributed by atoms with Crippen LogP contribution in [0.3, 0.4) is 0 Å². The quantitative estimate of drug-likeness (QED) is 0.317. The van der Waals surface area contributed by atoms with Crippen LogP contribution in [0.1, 0.15) is 53.4 Å². The highest BCUT2D eigenvalue weighted by Crippen LogP contribution is 1.91. The average molecular weight is 261 g/mol. The van der Waals surface area contributed by atoms with Gasteiger partial charge in [0.2, 0.25) is 0 Å². The zero-order valence-electron chi connectivity index (χ0n) is 12.2. The molecule has 104 valence electrons. The first kappa shape index (κ1) is 17.1. The summed E-state index contributed by atoms with van der Waals surface area (Å²) in [6.45, 7) is 13.0. The van der Waals surface area contributed by atoms with E-state index in [0.29, 0.717) is 0 Å². The summed E-state index contributed by atoms with van der Waals surface area (Å²) in [7, 11) is -1.87. The van der Waals surface area contributed by atoms with Gasteiger partial charge in [0.1, 0.15) is 0 Å². The maximum absolute atomic E-state index is 3.70. The first-order valence-corrected chi connectivity index (χ1v) is 9.24. The molecule has 0 saturated heterocycles. The van der Waals surface area contributed by atoms with E-state index in [9.17, 15) is 0 Å². The second-order valence-corrected chi connectivity index (χ2v) is 7.29. The van der Waals surface area contributed by atoms with E-state index in [1.165, 1.54) is 25.7 Å². The van der Waals surface area contributed by atoms with Crippen molar-refractivity contribution < 1.29 is 0 Å². The summed E-state index contributed by atoms with van der Waals surface area (Å²) in [6, 6.07) is 0. The van der Waals surface area contributed by atoms with Crippen molar-refractivity contribution in [3.8, 4) is 0 Å². The highest BCUT2D eigenvalue weighted by Gasteiger charge is 2.31. The van der Waals surface area contributed by atoms with Crippen LogP contribution < -0.4 is 19.9 Å². The lowest BCUT2D eigenvalue weighted by Crippen LogP contribution is -2.80. The zero-order valence-corrected chi connectivity index (χ0v) is 13.2. The number of rotatable bonds is 12. The molecule has 0 amide bonds. The molecule has 0 aliphatic rings. The van der Waals surface area contributed by atoms with Gasteiger partial charge in [-0.05, 0) is 39.0 Å². The monoisotopic (exact) mass is 260 g/mol. The largest absolute Gasteiger partial charge is 0.365 e. The van der Waals surface area contributed by atoms with Gasteiger partial charge in [-0.15, -0.1) is 0 Å². The number of hydrogen-bond acceptors (Lipinski definition) is 4. The molecule has 0 aromatic heterocycles.